The first-order chi connectivity index (χ1) is 14.6. The maximum Gasteiger partial charge on any atom is 0.330 e. The summed E-state index contributed by atoms with van der Waals surface area (Å²) in [6.45, 7) is 7.82. The summed E-state index contributed by atoms with van der Waals surface area (Å²) in [5.74, 6) is -0.00212. The van der Waals surface area contributed by atoms with Crippen molar-refractivity contribution in [3.8, 4) is 0 Å². The predicted molar refractivity (Wildman–Crippen MR) is 122 cm³/mol. The predicted octanol–water partition coefficient (Wildman–Crippen LogP) is 3.35. The summed E-state index contributed by atoms with van der Waals surface area (Å²) >= 11 is 0. The SMILES string of the molecule is Cn1c(=O)n(CC(C)(C)C)c2ccc(C3CCCN(S(=O)(=O)c4ccccc4)C3)nc21. The number of fused-ring (bicyclic) bond motifs is 1. The summed E-state index contributed by atoms with van der Waals surface area (Å²) in [6, 6.07) is 12.5. The molecule has 3 heterocycles. The molecule has 4 rings (SSSR count). The van der Waals surface area contributed by atoms with Crippen molar-refractivity contribution < 1.29 is 8.42 Å². The number of benzene rings is 1. The van der Waals surface area contributed by atoms with Crippen molar-refractivity contribution in [2.24, 2.45) is 12.5 Å². The molecule has 1 atom stereocenters. The molecule has 0 aliphatic carbocycles. The second-order valence-corrected chi connectivity index (χ2v) is 11.5. The summed E-state index contributed by atoms with van der Waals surface area (Å²) in [6.07, 6.45) is 1.65. The molecule has 1 fully saturated rings. The number of hydrogen-bond donors (Lipinski definition) is 0. The zero-order valence-corrected chi connectivity index (χ0v) is 19.4. The lowest BCUT2D eigenvalue weighted by Crippen LogP contribution is -2.39. The van der Waals surface area contributed by atoms with Gasteiger partial charge in [-0.2, -0.15) is 4.31 Å². The lowest BCUT2D eigenvalue weighted by molar-refractivity contribution is 0.313. The van der Waals surface area contributed by atoms with Gasteiger partial charge in [-0.3, -0.25) is 9.13 Å². The standard InChI is InChI=1S/C23H30N4O3S/c1-23(2,3)16-27-20-13-12-19(24-21(20)25(4)22(27)28)17-9-8-14-26(15-17)31(29,30)18-10-6-5-7-11-18/h5-7,10-13,17H,8-9,14-16H2,1-4H3. The Bertz CT molecular complexity index is 1250. The summed E-state index contributed by atoms with van der Waals surface area (Å²) in [4.78, 5) is 17.9. The van der Waals surface area contributed by atoms with E-state index in [9.17, 15) is 13.2 Å². The highest BCUT2D eigenvalue weighted by Gasteiger charge is 2.31. The third-order valence-electron chi connectivity index (χ3n) is 5.82. The topological polar surface area (TPSA) is 77.2 Å². The second-order valence-electron chi connectivity index (χ2n) is 9.58. The van der Waals surface area contributed by atoms with Crippen molar-refractivity contribution in [1.82, 2.24) is 18.4 Å². The Kier molecular flexibility index (Phi) is 5.55. The van der Waals surface area contributed by atoms with Crippen LogP contribution in [0.5, 0.6) is 0 Å². The molecule has 1 aromatic carbocycles. The molecular formula is C23H30N4O3S. The first-order valence-electron chi connectivity index (χ1n) is 10.7. The van der Waals surface area contributed by atoms with Gasteiger partial charge in [0.1, 0.15) is 0 Å². The van der Waals surface area contributed by atoms with E-state index in [1.807, 2.05) is 18.2 Å². The van der Waals surface area contributed by atoms with Crippen molar-refractivity contribution in [2.45, 2.75) is 51.0 Å². The minimum Gasteiger partial charge on any atom is -0.290 e. The molecule has 8 heteroatoms. The normalized spacial score (nSPS) is 18.5. The molecule has 0 amide bonds. The number of aromatic nitrogens is 3. The van der Waals surface area contributed by atoms with Crippen LogP contribution in [-0.2, 0) is 23.6 Å². The maximum atomic E-state index is 13.1. The minimum atomic E-state index is -3.53. The van der Waals surface area contributed by atoms with Gasteiger partial charge >= 0.3 is 5.69 Å². The van der Waals surface area contributed by atoms with Crippen LogP contribution in [0.15, 0.2) is 52.2 Å². The first kappa shape index (κ1) is 21.8. The number of imidazole rings is 1. The average molecular weight is 443 g/mol. The number of nitrogens with zero attached hydrogens (tertiary/aromatic N) is 4. The molecule has 166 valence electrons. The molecule has 1 saturated heterocycles. The van der Waals surface area contributed by atoms with E-state index in [4.69, 9.17) is 4.98 Å². The summed E-state index contributed by atoms with van der Waals surface area (Å²) in [5.41, 5.74) is 2.19. The van der Waals surface area contributed by atoms with Crippen LogP contribution >= 0.6 is 0 Å². The summed E-state index contributed by atoms with van der Waals surface area (Å²) < 4.78 is 31.1. The van der Waals surface area contributed by atoms with Crippen LogP contribution in [0.1, 0.15) is 45.2 Å². The monoisotopic (exact) mass is 442 g/mol. The Morgan fingerprint density at radius 1 is 1.10 bits per heavy atom. The fraction of sp³-hybridized carbons (Fsp3) is 0.478. The molecule has 1 aliphatic rings. The molecule has 0 spiro atoms. The molecule has 3 aromatic rings. The fourth-order valence-corrected chi connectivity index (χ4v) is 5.83. The van der Waals surface area contributed by atoms with Crippen LogP contribution in [0.4, 0.5) is 0 Å². The summed E-state index contributed by atoms with van der Waals surface area (Å²) in [5, 5.41) is 0. The van der Waals surface area contributed by atoms with Gasteiger partial charge < -0.3 is 0 Å². The van der Waals surface area contributed by atoms with E-state index >= 15 is 0 Å². The van der Waals surface area contributed by atoms with E-state index in [0.29, 0.717) is 30.2 Å². The first-order valence-corrected chi connectivity index (χ1v) is 12.1. The van der Waals surface area contributed by atoms with Gasteiger partial charge in [0.15, 0.2) is 5.65 Å². The maximum absolute atomic E-state index is 13.1. The highest BCUT2D eigenvalue weighted by molar-refractivity contribution is 7.89. The van der Waals surface area contributed by atoms with Crippen LogP contribution in [0.25, 0.3) is 11.2 Å². The Balaban J connectivity index is 1.66. The van der Waals surface area contributed by atoms with Crippen LogP contribution in [0.3, 0.4) is 0 Å². The van der Waals surface area contributed by atoms with E-state index in [0.717, 1.165) is 24.1 Å². The Morgan fingerprint density at radius 3 is 2.48 bits per heavy atom. The van der Waals surface area contributed by atoms with Gasteiger partial charge in [-0.05, 0) is 42.5 Å². The van der Waals surface area contributed by atoms with E-state index in [-0.39, 0.29) is 17.0 Å². The van der Waals surface area contributed by atoms with Crippen molar-refractivity contribution in [3.05, 3.63) is 58.6 Å². The quantitative estimate of drug-likeness (QED) is 0.621. The van der Waals surface area contributed by atoms with Crippen molar-refractivity contribution in [3.63, 3.8) is 0 Å². The van der Waals surface area contributed by atoms with Gasteiger partial charge in [0.05, 0.1) is 10.4 Å². The van der Waals surface area contributed by atoms with Crippen LogP contribution in [0.2, 0.25) is 0 Å². The van der Waals surface area contributed by atoms with Crippen molar-refractivity contribution in [1.29, 1.82) is 0 Å². The number of aryl methyl sites for hydroxylation is 1. The molecule has 0 bridgehead atoms. The fourth-order valence-electron chi connectivity index (χ4n) is 4.29. The largest absolute Gasteiger partial charge is 0.330 e. The molecule has 7 nitrogen and oxygen atoms in total. The minimum absolute atomic E-state index is 0.00212. The van der Waals surface area contributed by atoms with Gasteiger partial charge in [-0.25, -0.2) is 18.2 Å². The van der Waals surface area contributed by atoms with Crippen molar-refractivity contribution in [2.75, 3.05) is 13.1 Å². The average Bonchev–Trinajstić information content (AvgIpc) is 2.97. The smallest absolute Gasteiger partial charge is 0.290 e. The van der Waals surface area contributed by atoms with Gasteiger partial charge in [-0.1, -0.05) is 39.0 Å². The van der Waals surface area contributed by atoms with E-state index in [1.165, 1.54) is 0 Å². The lowest BCUT2D eigenvalue weighted by Gasteiger charge is -2.31. The van der Waals surface area contributed by atoms with Crippen LogP contribution in [0, 0.1) is 5.41 Å². The van der Waals surface area contributed by atoms with Crippen LogP contribution in [-0.4, -0.2) is 39.9 Å². The second kappa shape index (κ2) is 7.91. The number of pyridine rings is 1. The van der Waals surface area contributed by atoms with Gasteiger partial charge in [-0.15, -0.1) is 0 Å². The van der Waals surface area contributed by atoms with E-state index in [1.54, 1.807) is 44.8 Å². The zero-order chi connectivity index (χ0) is 22.4. The third kappa shape index (κ3) is 4.19. The number of sulfonamides is 1. The highest BCUT2D eigenvalue weighted by atomic mass is 32.2. The Morgan fingerprint density at radius 2 is 1.81 bits per heavy atom. The van der Waals surface area contributed by atoms with Crippen LogP contribution < -0.4 is 5.69 Å². The number of rotatable bonds is 4. The Hall–Kier alpha value is -2.45. The van der Waals surface area contributed by atoms with Gasteiger partial charge in [0.25, 0.3) is 0 Å². The van der Waals surface area contributed by atoms with Crippen molar-refractivity contribution >= 4 is 21.2 Å². The molecule has 0 N–H and O–H groups in total. The molecule has 0 saturated carbocycles. The number of piperidine rings is 1. The van der Waals surface area contributed by atoms with Gasteiger partial charge in [0.2, 0.25) is 10.0 Å². The molecular weight excluding hydrogens is 412 g/mol. The molecule has 31 heavy (non-hydrogen) atoms. The Labute approximate surface area is 183 Å². The highest BCUT2D eigenvalue weighted by Crippen LogP contribution is 2.30. The molecule has 1 unspecified atom stereocenters. The molecule has 2 aromatic heterocycles. The van der Waals surface area contributed by atoms with E-state index < -0.39 is 10.0 Å². The zero-order valence-electron chi connectivity index (χ0n) is 18.6. The third-order valence-corrected chi connectivity index (χ3v) is 7.70. The molecule has 1 aliphatic heterocycles. The number of hydrogen-bond acceptors (Lipinski definition) is 4. The molecule has 0 radical (unpaired) electrons. The van der Waals surface area contributed by atoms with Gasteiger partial charge in [0, 0.05) is 38.3 Å². The van der Waals surface area contributed by atoms with E-state index in [2.05, 4.69) is 20.8 Å². The summed E-state index contributed by atoms with van der Waals surface area (Å²) in [7, 11) is -1.79. The lowest BCUT2D eigenvalue weighted by atomic mass is 9.95.